The van der Waals surface area contributed by atoms with E-state index in [2.05, 4.69) is 15.1 Å². The van der Waals surface area contributed by atoms with Gasteiger partial charge in [0.05, 0.1) is 18.9 Å². The number of benzene rings is 1. The SMILES string of the molecule is COc1cc(F)cc(-c2nn(CC#N)cc2-c2ccnc(S(C)(=O)=O)n2)c1. The first-order valence-electron chi connectivity index (χ1n) is 7.64. The average Bonchev–Trinajstić information content (AvgIpc) is 3.05. The topological polar surface area (TPSA) is 111 Å². The van der Waals surface area contributed by atoms with Gasteiger partial charge in [0.15, 0.2) is 0 Å². The van der Waals surface area contributed by atoms with Crippen molar-refractivity contribution in [2.45, 2.75) is 11.7 Å². The van der Waals surface area contributed by atoms with Gasteiger partial charge < -0.3 is 4.74 Å². The molecule has 0 aliphatic rings. The van der Waals surface area contributed by atoms with Crippen LogP contribution < -0.4 is 4.74 Å². The molecule has 0 N–H and O–H groups in total. The Balaban J connectivity index is 2.23. The number of sulfone groups is 1. The molecule has 27 heavy (non-hydrogen) atoms. The monoisotopic (exact) mass is 387 g/mol. The number of ether oxygens (including phenoxy) is 1. The number of hydrogen-bond donors (Lipinski definition) is 0. The zero-order valence-electron chi connectivity index (χ0n) is 14.4. The summed E-state index contributed by atoms with van der Waals surface area (Å²) in [6, 6.07) is 7.57. The Morgan fingerprint density at radius 3 is 2.78 bits per heavy atom. The Morgan fingerprint density at radius 2 is 2.11 bits per heavy atom. The molecular weight excluding hydrogens is 373 g/mol. The normalized spacial score (nSPS) is 11.2. The molecule has 3 aromatic rings. The predicted molar refractivity (Wildman–Crippen MR) is 93.9 cm³/mol. The third-order valence-electron chi connectivity index (χ3n) is 3.62. The summed E-state index contributed by atoms with van der Waals surface area (Å²) in [6.07, 6.45) is 3.87. The van der Waals surface area contributed by atoms with E-state index in [1.54, 1.807) is 12.3 Å². The number of aromatic nitrogens is 4. The standard InChI is InChI=1S/C17H14FN5O3S/c1-26-13-8-11(7-12(18)9-13)16-14(10-23(22-16)6-4-19)15-3-5-20-17(21-15)27(2,24)25/h3,5,7-10H,6H2,1-2H3. The first kappa shape index (κ1) is 18.5. The molecule has 2 aromatic heterocycles. The van der Waals surface area contributed by atoms with E-state index in [4.69, 9.17) is 10.00 Å². The first-order chi connectivity index (χ1) is 12.8. The zero-order valence-corrected chi connectivity index (χ0v) is 15.2. The molecule has 0 aliphatic heterocycles. The van der Waals surface area contributed by atoms with E-state index in [0.29, 0.717) is 22.6 Å². The van der Waals surface area contributed by atoms with Crippen LogP contribution in [-0.2, 0) is 16.4 Å². The Hall–Kier alpha value is -3.32. The maximum Gasteiger partial charge on any atom is 0.247 e. The maximum atomic E-state index is 13.9. The molecule has 1 aromatic carbocycles. The van der Waals surface area contributed by atoms with Crippen molar-refractivity contribution in [2.24, 2.45) is 0 Å². The van der Waals surface area contributed by atoms with Gasteiger partial charge in [0, 0.05) is 35.8 Å². The highest BCUT2D eigenvalue weighted by molar-refractivity contribution is 7.90. The summed E-state index contributed by atoms with van der Waals surface area (Å²) in [6.45, 7) is -0.0382. The lowest BCUT2D eigenvalue weighted by Gasteiger charge is -2.06. The summed E-state index contributed by atoms with van der Waals surface area (Å²) in [5, 5.41) is 12.9. The summed E-state index contributed by atoms with van der Waals surface area (Å²) in [4.78, 5) is 7.84. The lowest BCUT2D eigenvalue weighted by atomic mass is 10.1. The third kappa shape index (κ3) is 3.93. The van der Waals surface area contributed by atoms with Crippen LogP contribution >= 0.6 is 0 Å². The van der Waals surface area contributed by atoms with Crippen LogP contribution in [0.5, 0.6) is 5.75 Å². The van der Waals surface area contributed by atoms with Gasteiger partial charge in [0.1, 0.15) is 23.8 Å². The summed E-state index contributed by atoms with van der Waals surface area (Å²) in [5.74, 6) is -0.227. The van der Waals surface area contributed by atoms with Crippen LogP contribution in [0.4, 0.5) is 4.39 Å². The van der Waals surface area contributed by atoms with Crippen molar-refractivity contribution < 1.29 is 17.5 Å². The van der Waals surface area contributed by atoms with Crippen LogP contribution in [0, 0.1) is 17.1 Å². The minimum absolute atomic E-state index is 0.0382. The molecular formula is C17H14FN5O3S. The molecule has 8 nitrogen and oxygen atoms in total. The molecule has 3 rings (SSSR count). The van der Waals surface area contributed by atoms with Crippen LogP contribution in [0.25, 0.3) is 22.5 Å². The number of hydrogen-bond acceptors (Lipinski definition) is 7. The lowest BCUT2D eigenvalue weighted by molar-refractivity contribution is 0.411. The lowest BCUT2D eigenvalue weighted by Crippen LogP contribution is -2.04. The molecule has 0 amide bonds. The quantitative estimate of drug-likeness (QED) is 0.616. The highest BCUT2D eigenvalue weighted by atomic mass is 32.2. The zero-order chi connectivity index (χ0) is 19.6. The second kappa shape index (κ2) is 7.13. The van der Waals surface area contributed by atoms with Crippen molar-refractivity contribution in [1.82, 2.24) is 19.7 Å². The van der Waals surface area contributed by atoms with Crippen molar-refractivity contribution in [3.05, 3.63) is 42.5 Å². The fraction of sp³-hybridized carbons (Fsp3) is 0.176. The minimum Gasteiger partial charge on any atom is -0.497 e. The van der Waals surface area contributed by atoms with Crippen molar-refractivity contribution in [3.63, 3.8) is 0 Å². The van der Waals surface area contributed by atoms with Gasteiger partial charge in [-0.2, -0.15) is 10.4 Å². The summed E-state index contributed by atoms with van der Waals surface area (Å²) in [7, 11) is -2.20. The van der Waals surface area contributed by atoms with E-state index in [1.807, 2.05) is 6.07 Å². The molecule has 0 radical (unpaired) electrons. The molecule has 138 valence electrons. The second-order valence-electron chi connectivity index (χ2n) is 5.62. The van der Waals surface area contributed by atoms with Gasteiger partial charge in [-0.25, -0.2) is 22.8 Å². The number of halogens is 1. The van der Waals surface area contributed by atoms with Gasteiger partial charge in [-0.05, 0) is 18.2 Å². The van der Waals surface area contributed by atoms with Gasteiger partial charge in [0.2, 0.25) is 15.0 Å². The molecule has 0 unspecified atom stereocenters. The minimum atomic E-state index is -3.61. The van der Waals surface area contributed by atoms with Crippen molar-refractivity contribution >= 4 is 9.84 Å². The average molecular weight is 387 g/mol. The van der Waals surface area contributed by atoms with Crippen LogP contribution in [0.2, 0.25) is 0 Å². The van der Waals surface area contributed by atoms with E-state index >= 15 is 0 Å². The molecule has 0 aliphatic carbocycles. The highest BCUT2D eigenvalue weighted by Crippen LogP contribution is 2.32. The molecule has 10 heteroatoms. The largest absolute Gasteiger partial charge is 0.497 e. The van der Waals surface area contributed by atoms with Gasteiger partial charge in [-0.15, -0.1) is 0 Å². The fourth-order valence-corrected chi connectivity index (χ4v) is 2.98. The smallest absolute Gasteiger partial charge is 0.247 e. The van der Waals surface area contributed by atoms with E-state index in [-0.39, 0.29) is 17.4 Å². The maximum absolute atomic E-state index is 13.9. The molecule has 2 heterocycles. The van der Waals surface area contributed by atoms with Gasteiger partial charge in [0.25, 0.3) is 0 Å². The van der Waals surface area contributed by atoms with E-state index in [9.17, 15) is 12.8 Å². The Kier molecular flexibility index (Phi) is 4.87. The van der Waals surface area contributed by atoms with E-state index in [1.165, 1.54) is 36.2 Å². The third-order valence-corrected chi connectivity index (χ3v) is 4.48. The molecule has 0 bridgehead atoms. The van der Waals surface area contributed by atoms with Crippen LogP contribution in [0.15, 0.2) is 41.8 Å². The molecule has 0 spiro atoms. The molecule has 0 atom stereocenters. The highest BCUT2D eigenvalue weighted by Gasteiger charge is 2.19. The van der Waals surface area contributed by atoms with Gasteiger partial charge in [-0.3, -0.25) is 4.68 Å². The van der Waals surface area contributed by atoms with Crippen LogP contribution in [0.1, 0.15) is 0 Å². The fourth-order valence-electron chi connectivity index (χ4n) is 2.46. The predicted octanol–water partition coefficient (Wildman–Crippen LogP) is 2.08. The number of nitriles is 1. The second-order valence-corrected chi connectivity index (χ2v) is 7.53. The summed E-state index contributed by atoms with van der Waals surface area (Å²) >= 11 is 0. The summed E-state index contributed by atoms with van der Waals surface area (Å²) < 4.78 is 43.9. The first-order valence-corrected chi connectivity index (χ1v) is 9.54. The molecule has 0 saturated carbocycles. The van der Waals surface area contributed by atoms with Gasteiger partial charge >= 0.3 is 0 Å². The van der Waals surface area contributed by atoms with Crippen molar-refractivity contribution in [1.29, 1.82) is 5.26 Å². The Bertz CT molecular complexity index is 1150. The van der Waals surface area contributed by atoms with Crippen LogP contribution in [-0.4, -0.2) is 41.5 Å². The number of nitrogens with zero attached hydrogens (tertiary/aromatic N) is 5. The Labute approximate surface area is 154 Å². The number of rotatable bonds is 5. The van der Waals surface area contributed by atoms with E-state index in [0.717, 1.165) is 6.26 Å². The summed E-state index contributed by atoms with van der Waals surface area (Å²) in [5.41, 5.74) is 1.46. The number of methoxy groups -OCH3 is 1. The van der Waals surface area contributed by atoms with Crippen molar-refractivity contribution in [2.75, 3.05) is 13.4 Å². The molecule has 0 fully saturated rings. The van der Waals surface area contributed by atoms with Crippen molar-refractivity contribution in [3.8, 4) is 34.3 Å². The van der Waals surface area contributed by atoms with Gasteiger partial charge in [-0.1, -0.05) is 0 Å². The van der Waals surface area contributed by atoms with Crippen LogP contribution in [0.3, 0.4) is 0 Å². The van der Waals surface area contributed by atoms with E-state index < -0.39 is 15.7 Å². The Morgan fingerprint density at radius 1 is 1.33 bits per heavy atom. The molecule has 0 saturated heterocycles.